The molecule has 2 N–H and O–H groups in total. The molecule has 1 heterocycles. The van der Waals surface area contributed by atoms with E-state index < -0.39 is 43.5 Å². The van der Waals surface area contributed by atoms with E-state index in [0.29, 0.717) is 0 Å². The summed E-state index contributed by atoms with van der Waals surface area (Å²) >= 11 is 0. The van der Waals surface area contributed by atoms with Gasteiger partial charge < -0.3 is 19.5 Å². The van der Waals surface area contributed by atoms with E-state index in [9.17, 15) is 14.4 Å². The summed E-state index contributed by atoms with van der Waals surface area (Å²) in [6.45, 7) is 1.39. The standard InChI is InChI=1S/C7H9BO7/c1-8-14-6(13)7(15-8,2-4(9)10)3-5(11)12/h2-3H2,1H3,(H,9,10)(H,11,12). The number of carbonyl (C=O) groups excluding carboxylic acids is 1. The Morgan fingerprint density at radius 1 is 1.33 bits per heavy atom. The van der Waals surface area contributed by atoms with Crippen LogP contribution in [0.2, 0.25) is 6.82 Å². The maximum absolute atomic E-state index is 11.3. The molecule has 1 rings (SSSR count). The molecule has 0 atom stereocenters. The van der Waals surface area contributed by atoms with E-state index in [4.69, 9.17) is 14.9 Å². The van der Waals surface area contributed by atoms with Crippen LogP contribution in [-0.4, -0.2) is 40.8 Å². The smallest absolute Gasteiger partial charge is 0.507 e. The first-order valence-electron chi connectivity index (χ1n) is 4.18. The lowest BCUT2D eigenvalue weighted by molar-refractivity contribution is -0.157. The zero-order valence-corrected chi connectivity index (χ0v) is 7.93. The number of carboxylic acids is 2. The van der Waals surface area contributed by atoms with Gasteiger partial charge in [0.15, 0.2) is 5.60 Å². The molecule has 0 saturated carbocycles. The van der Waals surface area contributed by atoms with Gasteiger partial charge in [-0.05, 0) is 6.82 Å². The van der Waals surface area contributed by atoms with Crippen LogP contribution in [0.3, 0.4) is 0 Å². The molecule has 0 aromatic heterocycles. The molecule has 1 aliphatic heterocycles. The van der Waals surface area contributed by atoms with Crippen LogP contribution in [0.5, 0.6) is 0 Å². The molecular formula is C7H9BO7. The van der Waals surface area contributed by atoms with Gasteiger partial charge in [0.2, 0.25) is 0 Å². The van der Waals surface area contributed by atoms with Crippen molar-refractivity contribution in [3.05, 3.63) is 0 Å². The molecule has 8 heteroatoms. The van der Waals surface area contributed by atoms with E-state index in [-0.39, 0.29) is 0 Å². The maximum atomic E-state index is 11.3. The Morgan fingerprint density at radius 2 is 1.80 bits per heavy atom. The van der Waals surface area contributed by atoms with Crippen LogP contribution in [0.15, 0.2) is 0 Å². The fourth-order valence-electron chi connectivity index (χ4n) is 1.43. The summed E-state index contributed by atoms with van der Waals surface area (Å²) in [6.07, 6.45) is -1.44. The zero-order valence-electron chi connectivity index (χ0n) is 7.93. The van der Waals surface area contributed by atoms with Crippen molar-refractivity contribution in [1.82, 2.24) is 0 Å². The zero-order chi connectivity index (χ0) is 11.6. The Kier molecular flexibility index (Phi) is 2.99. The van der Waals surface area contributed by atoms with Gasteiger partial charge in [-0.25, -0.2) is 0 Å². The quantitative estimate of drug-likeness (QED) is 0.601. The van der Waals surface area contributed by atoms with Gasteiger partial charge in [0, 0.05) is 0 Å². The van der Waals surface area contributed by atoms with Crippen molar-refractivity contribution in [2.75, 3.05) is 0 Å². The maximum Gasteiger partial charge on any atom is 0.524 e. The molecule has 0 unspecified atom stereocenters. The molecule has 0 aromatic carbocycles. The van der Waals surface area contributed by atoms with E-state index in [1.54, 1.807) is 0 Å². The number of hydrogen-bond acceptors (Lipinski definition) is 5. The molecule has 0 aliphatic carbocycles. The van der Waals surface area contributed by atoms with Crippen LogP contribution in [0.1, 0.15) is 12.8 Å². The first-order valence-corrected chi connectivity index (χ1v) is 4.18. The highest BCUT2D eigenvalue weighted by Gasteiger charge is 2.53. The van der Waals surface area contributed by atoms with Crippen LogP contribution in [0, 0.1) is 0 Å². The van der Waals surface area contributed by atoms with Gasteiger partial charge in [-0.2, -0.15) is 0 Å². The molecule has 0 bridgehead atoms. The van der Waals surface area contributed by atoms with E-state index in [1.807, 2.05) is 0 Å². The third kappa shape index (κ3) is 2.47. The summed E-state index contributed by atoms with van der Waals surface area (Å²) < 4.78 is 9.54. The Bertz CT molecular complexity index is 296. The van der Waals surface area contributed by atoms with E-state index >= 15 is 0 Å². The molecule has 1 aliphatic rings. The number of hydrogen-bond donors (Lipinski definition) is 2. The minimum Gasteiger partial charge on any atom is -0.507 e. The lowest BCUT2D eigenvalue weighted by Crippen LogP contribution is -2.41. The van der Waals surface area contributed by atoms with Crippen molar-refractivity contribution in [1.29, 1.82) is 0 Å². The molecular weight excluding hydrogens is 207 g/mol. The van der Waals surface area contributed by atoms with Gasteiger partial charge >= 0.3 is 25.0 Å². The fraction of sp³-hybridized carbons (Fsp3) is 0.571. The largest absolute Gasteiger partial charge is 0.524 e. The Labute approximate surface area is 85.1 Å². The molecule has 1 fully saturated rings. The molecule has 0 radical (unpaired) electrons. The average Bonchev–Trinajstić information content (AvgIpc) is 2.22. The SMILES string of the molecule is CB1OC(=O)C(CC(=O)O)(CC(=O)O)O1. The predicted molar refractivity (Wildman–Crippen MR) is 46.0 cm³/mol. The van der Waals surface area contributed by atoms with Gasteiger partial charge in [0.1, 0.15) is 0 Å². The average molecular weight is 216 g/mol. The third-order valence-corrected chi connectivity index (χ3v) is 1.91. The number of rotatable bonds is 4. The Morgan fingerprint density at radius 3 is 2.07 bits per heavy atom. The van der Waals surface area contributed by atoms with Crippen LogP contribution in [0.25, 0.3) is 0 Å². The summed E-state index contributed by atoms with van der Waals surface area (Å²) in [5, 5.41) is 17.2. The lowest BCUT2D eigenvalue weighted by Gasteiger charge is -2.20. The van der Waals surface area contributed by atoms with E-state index in [1.165, 1.54) is 6.82 Å². The predicted octanol–water partition coefficient (Wildman–Crippen LogP) is -0.634. The molecule has 0 amide bonds. The van der Waals surface area contributed by atoms with Crippen LogP contribution >= 0.6 is 0 Å². The second-order valence-electron chi connectivity index (χ2n) is 3.23. The molecule has 15 heavy (non-hydrogen) atoms. The fourth-order valence-corrected chi connectivity index (χ4v) is 1.43. The summed E-state index contributed by atoms with van der Waals surface area (Å²) in [5.74, 6) is -3.58. The summed E-state index contributed by atoms with van der Waals surface area (Å²) in [7, 11) is -0.920. The third-order valence-electron chi connectivity index (χ3n) is 1.91. The van der Waals surface area contributed by atoms with E-state index in [0.717, 1.165) is 0 Å². The second-order valence-corrected chi connectivity index (χ2v) is 3.23. The van der Waals surface area contributed by atoms with Crippen molar-refractivity contribution in [3.63, 3.8) is 0 Å². The van der Waals surface area contributed by atoms with Crippen molar-refractivity contribution >= 4 is 25.0 Å². The van der Waals surface area contributed by atoms with Crippen LogP contribution < -0.4 is 0 Å². The van der Waals surface area contributed by atoms with Crippen LogP contribution in [0.4, 0.5) is 0 Å². The molecule has 1 saturated heterocycles. The van der Waals surface area contributed by atoms with Gasteiger partial charge in [0.05, 0.1) is 12.8 Å². The highest BCUT2D eigenvalue weighted by atomic mass is 16.7. The summed E-state index contributed by atoms with van der Waals surface area (Å²) in [5.41, 5.74) is -1.89. The lowest BCUT2D eigenvalue weighted by atomic mass is 9.92. The second kappa shape index (κ2) is 3.89. The van der Waals surface area contributed by atoms with E-state index in [2.05, 4.69) is 4.65 Å². The minimum absolute atomic E-state index is 0.720. The molecule has 0 spiro atoms. The molecule has 0 aromatic rings. The first-order chi connectivity index (χ1) is 6.85. The monoisotopic (exact) mass is 216 g/mol. The topological polar surface area (TPSA) is 110 Å². The minimum atomic E-state index is -1.89. The van der Waals surface area contributed by atoms with Gasteiger partial charge in [0.25, 0.3) is 0 Å². The van der Waals surface area contributed by atoms with Gasteiger partial charge in [-0.3, -0.25) is 14.4 Å². The highest BCUT2D eigenvalue weighted by Crippen LogP contribution is 2.30. The summed E-state index contributed by atoms with van der Waals surface area (Å²) in [6, 6.07) is 0. The van der Waals surface area contributed by atoms with Crippen molar-refractivity contribution < 1.29 is 33.9 Å². The van der Waals surface area contributed by atoms with Crippen molar-refractivity contribution in [3.8, 4) is 0 Å². The number of carbonyl (C=O) groups is 3. The van der Waals surface area contributed by atoms with Crippen molar-refractivity contribution in [2.45, 2.75) is 25.3 Å². The number of aliphatic carboxylic acids is 2. The summed E-state index contributed by atoms with van der Waals surface area (Å²) in [4.78, 5) is 32.3. The van der Waals surface area contributed by atoms with Gasteiger partial charge in [-0.1, -0.05) is 0 Å². The van der Waals surface area contributed by atoms with Crippen LogP contribution in [-0.2, 0) is 23.7 Å². The van der Waals surface area contributed by atoms with Gasteiger partial charge in [-0.15, -0.1) is 0 Å². The van der Waals surface area contributed by atoms with Crippen molar-refractivity contribution in [2.24, 2.45) is 0 Å². The highest BCUT2D eigenvalue weighted by molar-refractivity contribution is 6.48. The molecule has 7 nitrogen and oxygen atoms in total. The first kappa shape index (κ1) is 11.5. The molecule has 82 valence electrons. The Balaban J connectivity index is 2.90. The Hall–Kier alpha value is -1.57. The normalized spacial score (nSPS) is 18.7. The number of carboxylic acid groups (broad SMARTS) is 2.